The molecule has 0 saturated heterocycles. The van der Waals surface area contributed by atoms with Crippen LogP contribution >= 0.6 is 11.3 Å². The van der Waals surface area contributed by atoms with E-state index >= 15 is 0 Å². The molecule has 0 amide bonds. The highest BCUT2D eigenvalue weighted by atomic mass is 32.1. The molecule has 0 aliphatic heterocycles. The van der Waals surface area contributed by atoms with Crippen LogP contribution in [0.5, 0.6) is 0 Å². The fourth-order valence-corrected chi connectivity index (χ4v) is 3.05. The van der Waals surface area contributed by atoms with Crippen molar-refractivity contribution in [2.45, 2.75) is 20.8 Å². The Morgan fingerprint density at radius 1 is 1.32 bits per heavy atom. The molecule has 2 heterocycles. The lowest BCUT2D eigenvalue weighted by molar-refractivity contribution is 0.0531. The van der Waals surface area contributed by atoms with E-state index in [2.05, 4.69) is 9.97 Å². The minimum Gasteiger partial charge on any atom is -0.462 e. The molecule has 0 aromatic carbocycles. The Morgan fingerprint density at radius 3 is 2.58 bits per heavy atom. The van der Waals surface area contributed by atoms with E-state index in [-0.39, 0.29) is 5.97 Å². The van der Waals surface area contributed by atoms with E-state index in [1.807, 2.05) is 32.8 Å². The van der Waals surface area contributed by atoms with E-state index in [9.17, 15) is 4.79 Å². The van der Waals surface area contributed by atoms with Crippen molar-refractivity contribution in [2.24, 2.45) is 0 Å². The molecule has 0 aliphatic carbocycles. The average Bonchev–Trinajstić information content (AvgIpc) is 2.66. The maximum atomic E-state index is 11.9. The monoisotopic (exact) mass is 279 g/mol. The fraction of sp³-hybridized carbons (Fsp3) is 0.462. The Morgan fingerprint density at radius 2 is 2.00 bits per heavy atom. The summed E-state index contributed by atoms with van der Waals surface area (Å²) in [6.45, 7) is 5.94. The summed E-state index contributed by atoms with van der Waals surface area (Å²) in [7, 11) is 3.87. The van der Waals surface area contributed by atoms with Crippen LogP contribution in [-0.2, 0) is 4.74 Å². The third-order valence-corrected chi connectivity index (χ3v) is 3.93. The largest absolute Gasteiger partial charge is 0.462 e. The number of carbonyl (C=O) groups is 1. The van der Waals surface area contributed by atoms with Gasteiger partial charge in [-0.2, -0.15) is 0 Å². The van der Waals surface area contributed by atoms with Gasteiger partial charge in [0.25, 0.3) is 0 Å². The predicted molar refractivity (Wildman–Crippen MR) is 77.2 cm³/mol. The molecule has 0 aliphatic rings. The molecule has 0 spiro atoms. The van der Waals surface area contributed by atoms with E-state index < -0.39 is 0 Å². The van der Waals surface area contributed by atoms with Gasteiger partial charge >= 0.3 is 5.97 Å². The average molecular weight is 279 g/mol. The second kappa shape index (κ2) is 5.13. The number of nitrogens with zero attached hydrogens (tertiary/aromatic N) is 3. The highest BCUT2D eigenvalue weighted by molar-refractivity contribution is 7.20. The van der Waals surface area contributed by atoms with E-state index in [0.29, 0.717) is 17.3 Å². The molecular formula is C13H17N3O2S. The van der Waals surface area contributed by atoms with Crippen molar-refractivity contribution in [2.75, 3.05) is 25.6 Å². The number of hydrogen-bond donors (Lipinski definition) is 0. The Bertz CT molecular complexity index is 634. The van der Waals surface area contributed by atoms with Gasteiger partial charge in [0.1, 0.15) is 21.3 Å². The van der Waals surface area contributed by atoms with E-state index in [4.69, 9.17) is 4.74 Å². The van der Waals surface area contributed by atoms with Gasteiger partial charge in [-0.25, -0.2) is 14.8 Å². The second-order valence-corrected chi connectivity index (χ2v) is 5.44. The molecule has 19 heavy (non-hydrogen) atoms. The van der Waals surface area contributed by atoms with Crippen molar-refractivity contribution in [3.05, 3.63) is 16.3 Å². The lowest BCUT2D eigenvalue weighted by Crippen LogP contribution is -2.12. The lowest BCUT2D eigenvalue weighted by Gasteiger charge is -2.13. The summed E-state index contributed by atoms with van der Waals surface area (Å²) in [4.78, 5) is 24.2. The van der Waals surface area contributed by atoms with Crippen molar-refractivity contribution in [1.29, 1.82) is 0 Å². The second-order valence-electron chi connectivity index (χ2n) is 4.45. The molecule has 2 aromatic rings. The standard InChI is InChI=1S/C13H17N3O2S/c1-6-18-13(17)10-7(2)9-11(16(4)5)14-8(3)15-12(9)19-10/h6H2,1-5H3. The Balaban J connectivity index is 2.69. The first-order valence-corrected chi connectivity index (χ1v) is 6.89. The van der Waals surface area contributed by atoms with Gasteiger partial charge in [0.15, 0.2) is 0 Å². The first kappa shape index (κ1) is 13.7. The van der Waals surface area contributed by atoms with Crippen molar-refractivity contribution < 1.29 is 9.53 Å². The smallest absolute Gasteiger partial charge is 0.348 e. The summed E-state index contributed by atoms with van der Waals surface area (Å²) in [5, 5.41) is 0.934. The molecular weight excluding hydrogens is 262 g/mol. The number of rotatable bonds is 3. The Kier molecular flexibility index (Phi) is 3.71. The van der Waals surface area contributed by atoms with Crippen LogP contribution in [-0.4, -0.2) is 36.6 Å². The number of fused-ring (bicyclic) bond motifs is 1. The van der Waals surface area contributed by atoms with Crippen molar-refractivity contribution in [1.82, 2.24) is 9.97 Å². The summed E-state index contributed by atoms with van der Waals surface area (Å²) >= 11 is 1.37. The van der Waals surface area contributed by atoms with E-state index in [1.165, 1.54) is 11.3 Å². The van der Waals surface area contributed by atoms with Crippen molar-refractivity contribution in [3.8, 4) is 0 Å². The molecule has 2 rings (SSSR count). The normalized spacial score (nSPS) is 10.8. The zero-order chi connectivity index (χ0) is 14.2. The minimum atomic E-state index is -0.287. The summed E-state index contributed by atoms with van der Waals surface area (Å²) in [5.74, 6) is 1.25. The molecule has 6 heteroatoms. The summed E-state index contributed by atoms with van der Waals surface area (Å²) in [6, 6.07) is 0. The van der Waals surface area contributed by atoms with Crippen molar-refractivity contribution in [3.63, 3.8) is 0 Å². The van der Waals surface area contributed by atoms with Gasteiger partial charge < -0.3 is 9.64 Å². The van der Waals surface area contributed by atoms with Gasteiger partial charge in [0.05, 0.1) is 12.0 Å². The number of hydrogen-bond acceptors (Lipinski definition) is 6. The zero-order valence-corrected chi connectivity index (χ0v) is 12.6. The van der Waals surface area contributed by atoms with Crippen LogP contribution < -0.4 is 4.90 Å². The molecule has 0 atom stereocenters. The highest BCUT2D eigenvalue weighted by Crippen LogP contribution is 2.35. The Hall–Kier alpha value is -1.69. The number of anilines is 1. The van der Waals surface area contributed by atoms with Crippen LogP contribution in [0.3, 0.4) is 0 Å². The van der Waals surface area contributed by atoms with Gasteiger partial charge in [0.2, 0.25) is 0 Å². The molecule has 0 fully saturated rings. The van der Waals surface area contributed by atoms with Crippen LogP contribution in [0.15, 0.2) is 0 Å². The molecule has 0 N–H and O–H groups in total. The summed E-state index contributed by atoms with van der Waals surface area (Å²) < 4.78 is 5.08. The SMILES string of the molecule is CCOC(=O)c1sc2nc(C)nc(N(C)C)c2c1C. The van der Waals surface area contributed by atoms with E-state index in [1.54, 1.807) is 6.92 Å². The quantitative estimate of drug-likeness (QED) is 0.808. The van der Waals surface area contributed by atoms with Gasteiger partial charge in [0, 0.05) is 14.1 Å². The zero-order valence-electron chi connectivity index (χ0n) is 11.8. The summed E-state index contributed by atoms with van der Waals surface area (Å²) in [5.41, 5.74) is 0.891. The van der Waals surface area contributed by atoms with Gasteiger partial charge in [-0.15, -0.1) is 11.3 Å². The van der Waals surface area contributed by atoms with Gasteiger partial charge in [-0.3, -0.25) is 0 Å². The van der Waals surface area contributed by atoms with Crippen molar-refractivity contribution >= 4 is 33.3 Å². The minimum absolute atomic E-state index is 0.287. The van der Waals surface area contributed by atoms with Crippen LogP contribution in [0.1, 0.15) is 28.0 Å². The van der Waals surface area contributed by atoms with Gasteiger partial charge in [-0.05, 0) is 26.3 Å². The number of esters is 1. The fourth-order valence-electron chi connectivity index (χ4n) is 1.94. The number of aromatic nitrogens is 2. The number of aryl methyl sites for hydroxylation is 2. The number of ether oxygens (including phenoxy) is 1. The third kappa shape index (κ3) is 2.40. The van der Waals surface area contributed by atoms with E-state index in [0.717, 1.165) is 21.6 Å². The molecule has 0 saturated carbocycles. The summed E-state index contributed by atoms with van der Waals surface area (Å²) in [6.07, 6.45) is 0. The van der Waals surface area contributed by atoms with Crippen LogP contribution in [0.4, 0.5) is 5.82 Å². The third-order valence-electron chi connectivity index (χ3n) is 2.77. The number of carbonyl (C=O) groups excluding carboxylic acids is 1. The lowest BCUT2D eigenvalue weighted by atomic mass is 10.2. The molecule has 0 bridgehead atoms. The maximum Gasteiger partial charge on any atom is 0.348 e. The van der Waals surface area contributed by atoms with Crippen LogP contribution in [0.2, 0.25) is 0 Å². The highest BCUT2D eigenvalue weighted by Gasteiger charge is 2.21. The van der Waals surface area contributed by atoms with Gasteiger partial charge in [-0.1, -0.05) is 0 Å². The Labute approximate surface area is 116 Å². The predicted octanol–water partition coefficient (Wildman–Crippen LogP) is 2.55. The van der Waals surface area contributed by atoms with Crippen LogP contribution in [0.25, 0.3) is 10.2 Å². The van der Waals surface area contributed by atoms with Crippen LogP contribution in [0, 0.1) is 13.8 Å². The first-order valence-electron chi connectivity index (χ1n) is 6.07. The molecule has 0 unspecified atom stereocenters. The maximum absolute atomic E-state index is 11.9. The topological polar surface area (TPSA) is 55.3 Å². The number of thiophene rings is 1. The molecule has 102 valence electrons. The first-order chi connectivity index (χ1) is 8.95. The molecule has 0 radical (unpaired) electrons. The molecule has 5 nitrogen and oxygen atoms in total. The molecule has 2 aromatic heterocycles.